The van der Waals surface area contributed by atoms with E-state index in [2.05, 4.69) is 0 Å². The largest absolute Gasteiger partial charge is 0.496 e. The summed E-state index contributed by atoms with van der Waals surface area (Å²) in [5.74, 6) is 0.853. The minimum atomic E-state index is 0.00108. The topological polar surface area (TPSA) is 38.5 Å². The van der Waals surface area contributed by atoms with Crippen molar-refractivity contribution in [1.82, 2.24) is 0 Å². The molecule has 0 spiro atoms. The molecule has 0 unspecified atom stereocenters. The van der Waals surface area contributed by atoms with E-state index in [1.54, 1.807) is 7.11 Å². The zero-order valence-corrected chi connectivity index (χ0v) is 9.24. The standard InChI is InChI=1S/C11H18N2O/c1-8(12)10-6-5-9(13(2)3)7-11(10)14-4/h5-8H,12H2,1-4H3/t8-/m1/s1. The van der Waals surface area contributed by atoms with Gasteiger partial charge >= 0.3 is 0 Å². The monoisotopic (exact) mass is 194 g/mol. The molecule has 0 heterocycles. The number of nitrogens with zero attached hydrogens (tertiary/aromatic N) is 1. The van der Waals surface area contributed by atoms with Crippen LogP contribution in [-0.2, 0) is 0 Å². The van der Waals surface area contributed by atoms with E-state index in [-0.39, 0.29) is 6.04 Å². The predicted molar refractivity (Wildman–Crippen MR) is 59.9 cm³/mol. The molecule has 2 N–H and O–H groups in total. The number of rotatable bonds is 3. The van der Waals surface area contributed by atoms with E-state index in [9.17, 15) is 0 Å². The number of methoxy groups -OCH3 is 1. The molecule has 0 saturated heterocycles. The fourth-order valence-electron chi connectivity index (χ4n) is 1.35. The zero-order chi connectivity index (χ0) is 10.7. The number of benzene rings is 1. The molecular weight excluding hydrogens is 176 g/mol. The van der Waals surface area contributed by atoms with Gasteiger partial charge in [-0.25, -0.2) is 0 Å². The molecule has 0 radical (unpaired) electrons. The molecule has 1 aromatic rings. The number of hydrogen-bond acceptors (Lipinski definition) is 3. The van der Waals surface area contributed by atoms with Crippen molar-refractivity contribution in [2.75, 3.05) is 26.1 Å². The summed E-state index contributed by atoms with van der Waals surface area (Å²) in [6.45, 7) is 1.95. The Balaban J connectivity index is 3.11. The quantitative estimate of drug-likeness (QED) is 0.797. The third-order valence-electron chi connectivity index (χ3n) is 2.22. The maximum absolute atomic E-state index is 5.82. The second-order valence-corrected chi connectivity index (χ2v) is 3.61. The highest BCUT2D eigenvalue weighted by Crippen LogP contribution is 2.27. The molecule has 78 valence electrons. The highest BCUT2D eigenvalue weighted by molar-refractivity contribution is 5.53. The van der Waals surface area contributed by atoms with Gasteiger partial charge in [-0.15, -0.1) is 0 Å². The molecule has 0 saturated carbocycles. The first-order valence-electron chi connectivity index (χ1n) is 4.67. The number of anilines is 1. The van der Waals surface area contributed by atoms with E-state index < -0.39 is 0 Å². The molecule has 0 fully saturated rings. The van der Waals surface area contributed by atoms with Crippen LogP contribution in [0.15, 0.2) is 18.2 Å². The maximum atomic E-state index is 5.82. The van der Waals surface area contributed by atoms with Crippen LogP contribution in [0.25, 0.3) is 0 Å². The van der Waals surface area contributed by atoms with Gasteiger partial charge in [0.1, 0.15) is 5.75 Å². The van der Waals surface area contributed by atoms with Gasteiger partial charge in [-0.05, 0) is 13.0 Å². The molecule has 0 aliphatic carbocycles. The first-order valence-corrected chi connectivity index (χ1v) is 4.67. The molecule has 3 nitrogen and oxygen atoms in total. The highest BCUT2D eigenvalue weighted by Gasteiger charge is 2.08. The molecule has 3 heteroatoms. The minimum Gasteiger partial charge on any atom is -0.496 e. The van der Waals surface area contributed by atoms with Crippen molar-refractivity contribution in [1.29, 1.82) is 0 Å². The maximum Gasteiger partial charge on any atom is 0.125 e. The first kappa shape index (κ1) is 10.9. The van der Waals surface area contributed by atoms with Crippen molar-refractivity contribution in [2.24, 2.45) is 5.73 Å². The average Bonchev–Trinajstić information content (AvgIpc) is 2.16. The lowest BCUT2D eigenvalue weighted by Crippen LogP contribution is -2.11. The van der Waals surface area contributed by atoms with Crippen molar-refractivity contribution in [3.05, 3.63) is 23.8 Å². The van der Waals surface area contributed by atoms with E-state index in [0.717, 1.165) is 17.0 Å². The van der Waals surface area contributed by atoms with Crippen LogP contribution in [-0.4, -0.2) is 21.2 Å². The number of hydrogen-bond donors (Lipinski definition) is 1. The Morgan fingerprint density at radius 1 is 1.36 bits per heavy atom. The van der Waals surface area contributed by atoms with Crippen LogP contribution < -0.4 is 15.4 Å². The highest BCUT2D eigenvalue weighted by atomic mass is 16.5. The molecule has 0 bridgehead atoms. The summed E-state index contributed by atoms with van der Waals surface area (Å²) in [5.41, 5.74) is 7.98. The van der Waals surface area contributed by atoms with Crippen LogP contribution in [0.4, 0.5) is 5.69 Å². The first-order chi connectivity index (χ1) is 6.56. The van der Waals surface area contributed by atoms with Gasteiger partial charge in [0.2, 0.25) is 0 Å². The van der Waals surface area contributed by atoms with Crippen LogP contribution in [0.5, 0.6) is 5.75 Å². The summed E-state index contributed by atoms with van der Waals surface area (Å²) in [6.07, 6.45) is 0. The van der Waals surface area contributed by atoms with E-state index in [4.69, 9.17) is 10.5 Å². The summed E-state index contributed by atoms with van der Waals surface area (Å²) in [6, 6.07) is 6.06. The molecule has 0 aromatic heterocycles. The van der Waals surface area contributed by atoms with E-state index in [1.807, 2.05) is 44.1 Å². The third-order valence-corrected chi connectivity index (χ3v) is 2.22. The van der Waals surface area contributed by atoms with Crippen LogP contribution >= 0.6 is 0 Å². The lowest BCUT2D eigenvalue weighted by atomic mass is 10.1. The predicted octanol–water partition coefficient (Wildman–Crippen LogP) is 1.78. The third kappa shape index (κ3) is 2.17. The number of nitrogens with two attached hydrogens (primary N) is 1. The summed E-state index contributed by atoms with van der Waals surface area (Å²) < 4.78 is 5.29. The van der Waals surface area contributed by atoms with Gasteiger partial charge in [0, 0.05) is 37.5 Å². The summed E-state index contributed by atoms with van der Waals surface area (Å²) >= 11 is 0. The van der Waals surface area contributed by atoms with Crippen molar-refractivity contribution >= 4 is 5.69 Å². The smallest absolute Gasteiger partial charge is 0.125 e. The Morgan fingerprint density at radius 3 is 2.43 bits per heavy atom. The molecular formula is C11H18N2O. The van der Waals surface area contributed by atoms with Crippen molar-refractivity contribution in [3.8, 4) is 5.75 Å². The van der Waals surface area contributed by atoms with E-state index in [1.165, 1.54) is 0 Å². The Hall–Kier alpha value is -1.22. The van der Waals surface area contributed by atoms with Gasteiger partial charge in [-0.3, -0.25) is 0 Å². The van der Waals surface area contributed by atoms with Crippen molar-refractivity contribution in [2.45, 2.75) is 13.0 Å². The van der Waals surface area contributed by atoms with Crippen LogP contribution in [0, 0.1) is 0 Å². The van der Waals surface area contributed by atoms with E-state index in [0.29, 0.717) is 0 Å². The van der Waals surface area contributed by atoms with Gasteiger partial charge in [-0.1, -0.05) is 6.07 Å². The Kier molecular flexibility index (Phi) is 3.36. The normalized spacial score (nSPS) is 12.4. The summed E-state index contributed by atoms with van der Waals surface area (Å²) in [5, 5.41) is 0. The van der Waals surface area contributed by atoms with Crippen molar-refractivity contribution < 1.29 is 4.74 Å². The molecule has 1 rings (SSSR count). The van der Waals surface area contributed by atoms with Crippen LogP contribution in [0.2, 0.25) is 0 Å². The van der Waals surface area contributed by atoms with Gasteiger partial charge in [-0.2, -0.15) is 0 Å². The second kappa shape index (κ2) is 4.33. The second-order valence-electron chi connectivity index (χ2n) is 3.61. The number of ether oxygens (including phenoxy) is 1. The van der Waals surface area contributed by atoms with Crippen LogP contribution in [0.1, 0.15) is 18.5 Å². The molecule has 0 aliphatic rings. The van der Waals surface area contributed by atoms with E-state index >= 15 is 0 Å². The average molecular weight is 194 g/mol. The van der Waals surface area contributed by atoms with Gasteiger partial charge in [0.05, 0.1) is 7.11 Å². The molecule has 1 aromatic carbocycles. The Morgan fingerprint density at radius 2 is 2.00 bits per heavy atom. The van der Waals surface area contributed by atoms with Gasteiger partial charge < -0.3 is 15.4 Å². The molecule has 14 heavy (non-hydrogen) atoms. The molecule has 0 amide bonds. The summed E-state index contributed by atoms with van der Waals surface area (Å²) in [7, 11) is 5.67. The van der Waals surface area contributed by atoms with Gasteiger partial charge in [0.15, 0.2) is 0 Å². The lowest BCUT2D eigenvalue weighted by molar-refractivity contribution is 0.407. The SMILES string of the molecule is COc1cc(N(C)C)ccc1[C@@H](C)N. The fraction of sp³-hybridized carbons (Fsp3) is 0.455. The van der Waals surface area contributed by atoms with Crippen LogP contribution in [0.3, 0.4) is 0 Å². The lowest BCUT2D eigenvalue weighted by Gasteiger charge is -2.17. The minimum absolute atomic E-state index is 0.00108. The summed E-state index contributed by atoms with van der Waals surface area (Å²) in [4.78, 5) is 2.04. The van der Waals surface area contributed by atoms with Crippen molar-refractivity contribution in [3.63, 3.8) is 0 Å². The molecule has 1 atom stereocenters. The Bertz CT molecular complexity index is 308. The molecule has 0 aliphatic heterocycles. The van der Waals surface area contributed by atoms with Gasteiger partial charge in [0.25, 0.3) is 0 Å². The fourth-order valence-corrected chi connectivity index (χ4v) is 1.35. The zero-order valence-electron chi connectivity index (χ0n) is 9.24. The Labute approximate surface area is 85.5 Å².